The van der Waals surface area contributed by atoms with Crippen LogP contribution in [0.5, 0.6) is 0 Å². The third-order valence-electron chi connectivity index (χ3n) is 3.06. The van der Waals surface area contributed by atoms with Crippen molar-refractivity contribution >= 4 is 23.2 Å². The molecule has 18 heavy (non-hydrogen) atoms. The van der Waals surface area contributed by atoms with E-state index in [0.29, 0.717) is 5.02 Å². The number of halogens is 2. The maximum absolute atomic E-state index is 13.5. The Bertz CT molecular complexity index is 431. The van der Waals surface area contributed by atoms with Crippen molar-refractivity contribution in [2.45, 2.75) is 31.7 Å². The van der Waals surface area contributed by atoms with Crippen LogP contribution in [0.1, 0.15) is 25.7 Å². The number of carbonyl (C=O) groups is 1. The van der Waals surface area contributed by atoms with Gasteiger partial charge in [-0.2, -0.15) is 0 Å². The summed E-state index contributed by atoms with van der Waals surface area (Å²) in [7, 11) is 0. The molecule has 5 heteroatoms. The fourth-order valence-corrected chi connectivity index (χ4v) is 2.24. The van der Waals surface area contributed by atoms with Gasteiger partial charge in [0, 0.05) is 5.02 Å². The first-order valence-corrected chi connectivity index (χ1v) is 6.54. The molecule has 1 unspecified atom stereocenters. The molecule has 0 saturated carbocycles. The molecule has 2 rings (SSSR count). The lowest BCUT2D eigenvalue weighted by atomic mass is 10.1. The van der Waals surface area contributed by atoms with E-state index >= 15 is 0 Å². The average Bonchev–Trinajstić information content (AvgIpc) is 2.62. The van der Waals surface area contributed by atoms with Gasteiger partial charge in [-0.15, -0.1) is 0 Å². The SMILES string of the molecule is O=C(Nc1cc(Cl)ccc1F)C1CCCCCN1. The Morgan fingerprint density at radius 3 is 3.06 bits per heavy atom. The number of hydrogen-bond donors (Lipinski definition) is 2. The Morgan fingerprint density at radius 1 is 1.39 bits per heavy atom. The average molecular weight is 271 g/mol. The van der Waals surface area contributed by atoms with Crippen molar-refractivity contribution in [1.82, 2.24) is 5.32 Å². The standard InChI is InChI=1S/C13H16ClFN2O/c14-9-5-6-10(15)12(8-9)17-13(18)11-4-2-1-3-7-16-11/h5-6,8,11,16H,1-4,7H2,(H,17,18). The number of benzene rings is 1. The number of hydrogen-bond acceptors (Lipinski definition) is 2. The highest BCUT2D eigenvalue weighted by Gasteiger charge is 2.20. The highest BCUT2D eigenvalue weighted by Crippen LogP contribution is 2.20. The molecule has 1 atom stereocenters. The van der Waals surface area contributed by atoms with Gasteiger partial charge in [0.15, 0.2) is 0 Å². The van der Waals surface area contributed by atoms with Gasteiger partial charge in [-0.25, -0.2) is 4.39 Å². The minimum atomic E-state index is -0.471. The van der Waals surface area contributed by atoms with Gasteiger partial charge in [0.1, 0.15) is 5.82 Å². The van der Waals surface area contributed by atoms with E-state index < -0.39 is 5.82 Å². The maximum Gasteiger partial charge on any atom is 0.241 e. The highest BCUT2D eigenvalue weighted by molar-refractivity contribution is 6.30. The Hall–Kier alpha value is -1.13. The summed E-state index contributed by atoms with van der Waals surface area (Å²) in [5, 5.41) is 6.16. The van der Waals surface area contributed by atoms with Crippen molar-refractivity contribution in [3.8, 4) is 0 Å². The van der Waals surface area contributed by atoms with Gasteiger partial charge in [-0.3, -0.25) is 4.79 Å². The Morgan fingerprint density at radius 2 is 2.22 bits per heavy atom. The lowest BCUT2D eigenvalue weighted by molar-refractivity contribution is -0.118. The summed E-state index contributed by atoms with van der Waals surface area (Å²) >= 11 is 5.78. The normalized spacial score (nSPS) is 20.2. The summed E-state index contributed by atoms with van der Waals surface area (Å²) in [6, 6.07) is 3.88. The summed E-state index contributed by atoms with van der Waals surface area (Å²) in [5.74, 6) is -0.667. The monoisotopic (exact) mass is 270 g/mol. The number of nitrogens with one attached hydrogen (secondary N) is 2. The molecular weight excluding hydrogens is 255 g/mol. The van der Waals surface area contributed by atoms with Crippen molar-refractivity contribution in [3.05, 3.63) is 29.0 Å². The van der Waals surface area contributed by atoms with Crippen LogP contribution in [0.25, 0.3) is 0 Å². The van der Waals surface area contributed by atoms with Crippen molar-refractivity contribution in [2.24, 2.45) is 0 Å². The zero-order chi connectivity index (χ0) is 13.0. The van der Waals surface area contributed by atoms with Crippen LogP contribution in [0, 0.1) is 5.82 Å². The van der Waals surface area contributed by atoms with E-state index in [-0.39, 0.29) is 17.6 Å². The number of anilines is 1. The van der Waals surface area contributed by atoms with E-state index in [4.69, 9.17) is 11.6 Å². The molecule has 1 aromatic carbocycles. The van der Waals surface area contributed by atoms with Crippen LogP contribution >= 0.6 is 11.6 Å². The minimum Gasteiger partial charge on any atom is -0.322 e. The molecule has 1 heterocycles. The second-order valence-electron chi connectivity index (χ2n) is 4.47. The second-order valence-corrected chi connectivity index (χ2v) is 4.91. The van der Waals surface area contributed by atoms with E-state index in [1.54, 1.807) is 0 Å². The van der Waals surface area contributed by atoms with Gasteiger partial charge in [-0.1, -0.05) is 24.4 Å². The third kappa shape index (κ3) is 3.43. The van der Waals surface area contributed by atoms with Gasteiger partial charge in [0.05, 0.1) is 11.7 Å². The highest BCUT2D eigenvalue weighted by atomic mass is 35.5. The molecule has 1 aromatic rings. The van der Waals surface area contributed by atoms with E-state index in [9.17, 15) is 9.18 Å². The third-order valence-corrected chi connectivity index (χ3v) is 3.30. The molecule has 0 bridgehead atoms. The van der Waals surface area contributed by atoms with Crippen LogP contribution < -0.4 is 10.6 Å². The van der Waals surface area contributed by atoms with Gasteiger partial charge in [0.2, 0.25) is 5.91 Å². The minimum absolute atomic E-state index is 0.138. The van der Waals surface area contributed by atoms with Crippen LogP contribution in [0.2, 0.25) is 5.02 Å². The van der Waals surface area contributed by atoms with E-state index in [1.807, 2.05) is 0 Å². The molecule has 1 amide bonds. The summed E-state index contributed by atoms with van der Waals surface area (Å²) in [5.41, 5.74) is 0.138. The van der Waals surface area contributed by atoms with Crippen LogP contribution in [-0.2, 0) is 4.79 Å². The zero-order valence-corrected chi connectivity index (χ0v) is 10.8. The molecule has 98 valence electrons. The lowest BCUT2D eigenvalue weighted by Crippen LogP contribution is -2.40. The molecule has 0 aromatic heterocycles. The first kappa shape index (κ1) is 13.3. The first-order chi connectivity index (χ1) is 8.66. The lowest BCUT2D eigenvalue weighted by Gasteiger charge is -2.16. The fourth-order valence-electron chi connectivity index (χ4n) is 2.07. The smallest absolute Gasteiger partial charge is 0.241 e. The van der Waals surface area contributed by atoms with Gasteiger partial charge in [-0.05, 0) is 37.6 Å². The van der Waals surface area contributed by atoms with Crippen LogP contribution in [0.3, 0.4) is 0 Å². The number of carbonyl (C=O) groups excluding carboxylic acids is 1. The van der Waals surface area contributed by atoms with E-state index in [1.165, 1.54) is 18.2 Å². The molecule has 0 spiro atoms. The predicted molar refractivity (Wildman–Crippen MR) is 70.3 cm³/mol. The largest absolute Gasteiger partial charge is 0.322 e. The molecular formula is C13H16ClFN2O. The molecule has 0 radical (unpaired) electrons. The molecule has 1 fully saturated rings. The Balaban J connectivity index is 2.03. The van der Waals surface area contributed by atoms with Crippen LogP contribution in [0.15, 0.2) is 18.2 Å². The quantitative estimate of drug-likeness (QED) is 0.868. The molecule has 2 N–H and O–H groups in total. The maximum atomic E-state index is 13.5. The zero-order valence-electron chi connectivity index (χ0n) is 10.0. The molecule has 1 aliphatic heterocycles. The topological polar surface area (TPSA) is 41.1 Å². The fraction of sp³-hybridized carbons (Fsp3) is 0.462. The Kier molecular flexibility index (Phi) is 4.55. The number of amides is 1. The van der Waals surface area contributed by atoms with Crippen molar-refractivity contribution in [3.63, 3.8) is 0 Å². The number of rotatable bonds is 2. The molecule has 1 saturated heterocycles. The molecule has 3 nitrogen and oxygen atoms in total. The Labute approximate surface area is 111 Å². The summed E-state index contributed by atoms with van der Waals surface area (Å²) in [6.07, 6.45) is 4.01. The first-order valence-electron chi connectivity index (χ1n) is 6.16. The van der Waals surface area contributed by atoms with Crippen molar-refractivity contribution < 1.29 is 9.18 Å². The van der Waals surface area contributed by atoms with Crippen molar-refractivity contribution in [1.29, 1.82) is 0 Å². The summed E-state index contributed by atoms with van der Waals surface area (Å²) in [4.78, 5) is 12.0. The van der Waals surface area contributed by atoms with E-state index in [0.717, 1.165) is 32.2 Å². The van der Waals surface area contributed by atoms with Crippen molar-refractivity contribution in [2.75, 3.05) is 11.9 Å². The van der Waals surface area contributed by atoms with E-state index in [2.05, 4.69) is 10.6 Å². The molecule has 0 aliphatic carbocycles. The van der Waals surface area contributed by atoms with Gasteiger partial charge >= 0.3 is 0 Å². The van der Waals surface area contributed by atoms with Crippen LogP contribution in [-0.4, -0.2) is 18.5 Å². The second kappa shape index (κ2) is 6.16. The predicted octanol–water partition coefficient (Wildman–Crippen LogP) is 2.95. The summed E-state index contributed by atoms with van der Waals surface area (Å²) < 4.78 is 13.5. The van der Waals surface area contributed by atoms with Crippen LogP contribution in [0.4, 0.5) is 10.1 Å². The molecule has 1 aliphatic rings. The van der Waals surface area contributed by atoms with Gasteiger partial charge < -0.3 is 10.6 Å². The van der Waals surface area contributed by atoms with Gasteiger partial charge in [0.25, 0.3) is 0 Å². The summed E-state index contributed by atoms with van der Waals surface area (Å²) in [6.45, 7) is 0.829.